The standard InChI is InChI=1S/C22H25FN2O2/c1-2-21(24-22(26)10-9-17-5-3-7-19(23)15-17)18-6-4-8-20(16-18)25-11-13-27-14-12-25/h3-10,15-16,21H,2,11-14H2,1H3,(H,24,26)/b10-9+. The highest BCUT2D eigenvalue weighted by molar-refractivity contribution is 5.92. The van der Waals surface area contributed by atoms with Crippen LogP contribution in [-0.4, -0.2) is 32.2 Å². The molecule has 3 rings (SSSR count). The zero-order chi connectivity index (χ0) is 19.1. The number of ether oxygens (including phenoxy) is 1. The van der Waals surface area contributed by atoms with Gasteiger partial charge >= 0.3 is 0 Å². The number of rotatable bonds is 6. The zero-order valence-electron chi connectivity index (χ0n) is 15.5. The van der Waals surface area contributed by atoms with Crippen molar-refractivity contribution in [1.29, 1.82) is 0 Å². The molecule has 1 amide bonds. The first-order valence-corrected chi connectivity index (χ1v) is 9.32. The normalized spacial score (nSPS) is 15.7. The third kappa shape index (κ3) is 5.41. The average Bonchev–Trinajstić information content (AvgIpc) is 2.71. The summed E-state index contributed by atoms with van der Waals surface area (Å²) >= 11 is 0. The highest BCUT2D eigenvalue weighted by Crippen LogP contribution is 2.23. The molecule has 0 radical (unpaired) electrons. The largest absolute Gasteiger partial charge is 0.378 e. The van der Waals surface area contributed by atoms with Gasteiger partial charge in [-0.05, 0) is 47.9 Å². The second kappa shape index (κ2) is 9.33. The van der Waals surface area contributed by atoms with Crippen molar-refractivity contribution in [2.75, 3.05) is 31.2 Å². The summed E-state index contributed by atoms with van der Waals surface area (Å²) in [4.78, 5) is 14.6. The summed E-state index contributed by atoms with van der Waals surface area (Å²) in [7, 11) is 0. The maximum Gasteiger partial charge on any atom is 0.244 e. The topological polar surface area (TPSA) is 41.6 Å². The number of amides is 1. The zero-order valence-corrected chi connectivity index (χ0v) is 15.5. The third-order valence-corrected chi connectivity index (χ3v) is 4.65. The molecular weight excluding hydrogens is 343 g/mol. The molecule has 1 heterocycles. The highest BCUT2D eigenvalue weighted by Gasteiger charge is 2.15. The summed E-state index contributed by atoms with van der Waals surface area (Å²) in [6.45, 7) is 5.28. The van der Waals surface area contributed by atoms with Crippen LogP contribution in [-0.2, 0) is 9.53 Å². The minimum absolute atomic E-state index is 0.0735. The summed E-state index contributed by atoms with van der Waals surface area (Å²) in [5, 5.41) is 3.04. The van der Waals surface area contributed by atoms with Gasteiger partial charge in [-0.1, -0.05) is 31.2 Å². The predicted octanol–water partition coefficient (Wildman–Crippen LogP) is 3.94. The van der Waals surface area contributed by atoms with E-state index in [0.29, 0.717) is 5.56 Å². The number of morpholine rings is 1. The average molecular weight is 368 g/mol. The Balaban J connectivity index is 1.66. The van der Waals surface area contributed by atoms with E-state index in [1.807, 2.05) is 19.1 Å². The summed E-state index contributed by atoms with van der Waals surface area (Å²) in [6.07, 6.45) is 3.85. The molecule has 1 unspecified atom stereocenters. The number of hydrogen-bond acceptors (Lipinski definition) is 3. The quantitative estimate of drug-likeness (QED) is 0.785. The van der Waals surface area contributed by atoms with E-state index in [1.165, 1.54) is 18.2 Å². The molecule has 2 aromatic carbocycles. The lowest BCUT2D eigenvalue weighted by Crippen LogP contribution is -2.36. The van der Waals surface area contributed by atoms with Crippen LogP contribution in [0.1, 0.15) is 30.5 Å². The molecule has 1 aliphatic heterocycles. The van der Waals surface area contributed by atoms with Gasteiger partial charge in [0, 0.05) is 24.9 Å². The summed E-state index contributed by atoms with van der Waals surface area (Å²) < 4.78 is 18.6. The van der Waals surface area contributed by atoms with E-state index in [-0.39, 0.29) is 17.8 Å². The van der Waals surface area contributed by atoms with Crippen LogP contribution in [0.15, 0.2) is 54.6 Å². The minimum atomic E-state index is -0.316. The van der Waals surface area contributed by atoms with E-state index in [1.54, 1.807) is 18.2 Å². The Labute approximate surface area is 159 Å². The van der Waals surface area contributed by atoms with Crippen molar-refractivity contribution in [3.8, 4) is 0 Å². The number of nitrogens with one attached hydrogen (secondary N) is 1. The van der Waals surface area contributed by atoms with Crippen LogP contribution in [0.3, 0.4) is 0 Å². The van der Waals surface area contributed by atoms with Crippen molar-refractivity contribution < 1.29 is 13.9 Å². The van der Waals surface area contributed by atoms with Gasteiger partial charge in [-0.2, -0.15) is 0 Å². The fourth-order valence-electron chi connectivity index (χ4n) is 3.18. The van der Waals surface area contributed by atoms with Gasteiger partial charge in [-0.15, -0.1) is 0 Å². The van der Waals surface area contributed by atoms with Crippen LogP contribution < -0.4 is 10.2 Å². The number of nitrogens with zero attached hydrogens (tertiary/aromatic N) is 1. The number of carbonyl (C=O) groups is 1. The van der Waals surface area contributed by atoms with Gasteiger partial charge in [0.25, 0.3) is 0 Å². The molecule has 2 aromatic rings. The van der Waals surface area contributed by atoms with Gasteiger partial charge in [0.2, 0.25) is 5.91 Å². The molecule has 1 saturated heterocycles. The molecular formula is C22H25FN2O2. The van der Waals surface area contributed by atoms with E-state index in [9.17, 15) is 9.18 Å². The molecule has 0 aromatic heterocycles. The van der Waals surface area contributed by atoms with Gasteiger partial charge in [0.1, 0.15) is 5.82 Å². The third-order valence-electron chi connectivity index (χ3n) is 4.65. The van der Waals surface area contributed by atoms with E-state index in [2.05, 4.69) is 22.3 Å². The number of carbonyl (C=O) groups excluding carboxylic acids is 1. The van der Waals surface area contributed by atoms with Crippen LogP contribution in [0.4, 0.5) is 10.1 Å². The van der Waals surface area contributed by atoms with Crippen LogP contribution in [0.25, 0.3) is 6.08 Å². The lowest BCUT2D eigenvalue weighted by Gasteiger charge is -2.29. The lowest BCUT2D eigenvalue weighted by atomic mass is 10.0. The fraction of sp³-hybridized carbons (Fsp3) is 0.318. The number of anilines is 1. The lowest BCUT2D eigenvalue weighted by molar-refractivity contribution is -0.117. The summed E-state index contributed by atoms with van der Waals surface area (Å²) in [6, 6.07) is 14.4. The Bertz CT molecular complexity index is 800. The second-order valence-electron chi connectivity index (χ2n) is 6.55. The van der Waals surface area contributed by atoms with E-state index in [4.69, 9.17) is 4.74 Å². The second-order valence-corrected chi connectivity index (χ2v) is 6.55. The molecule has 0 bridgehead atoms. The monoisotopic (exact) mass is 368 g/mol. The van der Waals surface area contributed by atoms with Crippen molar-refractivity contribution >= 4 is 17.7 Å². The molecule has 1 aliphatic rings. The molecule has 1 fully saturated rings. The first kappa shape index (κ1) is 19.1. The first-order valence-electron chi connectivity index (χ1n) is 9.32. The van der Waals surface area contributed by atoms with Gasteiger partial charge in [0.15, 0.2) is 0 Å². The molecule has 5 heteroatoms. The van der Waals surface area contributed by atoms with Crippen LogP contribution in [0.2, 0.25) is 0 Å². The SMILES string of the molecule is CCC(NC(=O)/C=C/c1cccc(F)c1)c1cccc(N2CCOCC2)c1. The van der Waals surface area contributed by atoms with E-state index >= 15 is 0 Å². The Morgan fingerprint density at radius 1 is 1.22 bits per heavy atom. The van der Waals surface area contributed by atoms with Crippen molar-refractivity contribution in [2.24, 2.45) is 0 Å². The van der Waals surface area contributed by atoms with Crippen LogP contribution >= 0.6 is 0 Å². The van der Waals surface area contributed by atoms with Crippen LogP contribution in [0, 0.1) is 5.82 Å². The Morgan fingerprint density at radius 2 is 2.00 bits per heavy atom. The molecule has 1 N–H and O–H groups in total. The van der Waals surface area contributed by atoms with Gasteiger partial charge in [0.05, 0.1) is 19.3 Å². The molecule has 0 spiro atoms. The fourth-order valence-corrected chi connectivity index (χ4v) is 3.18. The van der Waals surface area contributed by atoms with Crippen LogP contribution in [0.5, 0.6) is 0 Å². The van der Waals surface area contributed by atoms with E-state index in [0.717, 1.165) is 44.0 Å². The van der Waals surface area contributed by atoms with Crippen molar-refractivity contribution in [3.63, 3.8) is 0 Å². The molecule has 142 valence electrons. The van der Waals surface area contributed by atoms with Gasteiger partial charge in [-0.3, -0.25) is 4.79 Å². The maximum atomic E-state index is 13.2. The molecule has 4 nitrogen and oxygen atoms in total. The van der Waals surface area contributed by atoms with Gasteiger partial charge < -0.3 is 15.0 Å². The number of hydrogen-bond donors (Lipinski definition) is 1. The first-order chi connectivity index (χ1) is 13.2. The minimum Gasteiger partial charge on any atom is -0.378 e. The number of benzene rings is 2. The summed E-state index contributed by atoms with van der Waals surface area (Å²) in [5.41, 5.74) is 2.89. The predicted molar refractivity (Wildman–Crippen MR) is 106 cm³/mol. The summed E-state index contributed by atoms with van der Waals surface area (Å²) in [5.74, 6) is -0.508. The molecule has 1 atom stereocenters. The van der Waals surface area contributed by atoms with Gasteiger partial charge in [-0.25, -0.2) is 4.39 Å². The maximum absolute atomic E-state index is 13.2. The van der Waals surface area contributed by atoms with Crippen molar-refractivity contribution in [2.45, 2.75) is 19.4 Å². The van der Waals surface area contributed by atoms with Crippen molar-refractivity contribution in [1.82, 2.24) is 5.32 Å². The molecule has 0 aliphatic carbocycles. The van der Waals surface area contributed by atoms with Crippen molar-refractivity contribution in [3.05, 3.63) is 71.6 Å². The highest BCUT2D eigenvalue weighted by atomic mass is 19.1. The Hall–Kier alpha value is -2.66. The number of halogens is 1. The smallest absolute Gasteiger partial charge is 0.244 e. The molecule has 0 saturated carbocycles. The Morgan fingerprint density at radius 3 is 2.74 bits per heavy atom. The molecule has 27 heavy (non-hydrogen) atoms. The van der Waals surface area contributed by atoms with E-state index < -0.39 is 0 Å². The Kier molecular flexibility index (Phi) is 6.60.